The third-order valence-corrected chi connectivity index (χ3v) is 2.56. The fourth-order valence-electron chi connectivity index (χ4n) is 1.76. The molecular weight excluding hydrogens is 216 g/mol. The van der Waals surface area contributed by atoms with Crippen LogP contribution in [0.1, 0.15) is 17.5 Å². The van der Waals surface area contributed by atoms with E-state index in [1.165, 1.54) is 11.1 Å². The van der Waals surface area contributed by atoms with Crippen LogP contribution in [0.15, 0.2) is 24.3 Å². The average Bonchev–Trinajstić information content (AvgIpc) is 2.19. The molecular formula is C13H20N2O2. The lowest BCUT2D eigenvalue weighted by molar-refractivity contribution is -0.137. The topological polar surface area (TPSA) is 66.6 Å². The lowest BCUT2D eigenvalue weighted by atomic mass is 10.1. The van der Waals surface area contributed by atoms with Gasteiger partial charge in [-0.05, 0) is 19.5 Å². The molecule has 0 heterocycles. The van der Waals surface area contributed by atoms with E-state index in [1.54, 1.807) is 0 Å². The number of carbonyl (C=O) groups is 1. The standard InChI is InChI=1S/C13H20N2O2/c1-10-3-5-11(6-4-10)8-15(2)9-12(14)7-13(16)17/h3-6,12H,7-9,14H2,1-2H3,(H,16,17). The molecule has 0 aliphatic carbocycles. The highest BCUT2D eigenvalue weighted by Gasteiger charge is 2.10. The third kappa shape index (κ3) is 5.47. The summed E-state index contributed by atoms with van der Waals surface area (Å²) in [6.45, 7) is 3.42. The highest BCUT2D eigenvalue weighted by molar-refractivity contribution is 5.67. The van der Waals surface area contributed by atoms with Gasteiger partial charge in [0.15, 0.2) is 0 Å². The Balaban J connectivity index is 2.41. The Hall–Kier alpha value is -1.39. The van der Waals surface area contributed by atoms with Crippen LogP contribution < -0.4 is 5.73 Å². The molecule has 1 unspecified atom stereocenters. The largest absolute Gasteiger partial charge is 0.481 e. The number of nitrogens with zero attached hydrogens (tertiary/aromatic N) is 1. The second kappa shape index (κ2) is 6.37. The molecule has 1 atom stereocenters. The van der Waals surface area contributed by atoms with Crippen LogP contribution in [0, 0.1) is 6.92 Å². The van der Waals surface area contributed by atoms with Crippen LogP contribution in [-0.2, 0) is 11.3 Å². The van der Waals surface area contributed by atoms with Gasteiger partial charge in [0.05, 0.1) is 6.42 Å². The minimum absolute atomic E-state index is 0.0121. The van der Waals surface area contributed by atoms with Gasteiger partial charge in [-0.1, -0.05) is 29.8 Å². The normalized spacial score (nSPS) is 12.7. The van der Waals surface area contributed by atoms with Crippen molar-refractivity contribution in [3.63, 3.8) is 0 Å². The molecule has 0 amide bonds. The second-order valence-electron chi connectivity index (χ2n) is 4.54. The number of benzene rings is 1. The van der Waals surface area contributed by atoms with Crippen molar-refractivity contribution >= 4 is 5.97 Å². The number of hydrogen-bond donors (Lipinski definition) is 2. The molecule has 4 nitrogen and oxygen atoms in total. The Bertz CT molecular complexity index is 362. The number of carboxylic acids is 1. The summed E-state index contributed by atoms with van der Waals surface area (Å²) in [6.07, 6.45) is 0.0121. The Morgan fingerprint density at radius 2 is 2.00 bits per heavy atom. The molecule has 0 saturated heterocycles. The predicted molar refractivity (Wildman–Crippen MR) is 67.7 cm³/mol. The van der Waals surface area contributed by atoms with Crippen molar-refractivity contribution in [1.29, 1.82) is 0 Å². The van der Waals surface area contributed by atoms with Crippen LogP contribution in [0.5, 0.6) is 0 Å². The first kappa shape index (κ1) is 13.7. The third-order valence-electron chi connectivity index (χ3n) is 2.56. The molecule has 0 aliphatic heterocycles. The van der Waals surface area contributed by atoms with Crippen LogP contribution in [0.3, 0.4) is 0 Å². The molecule has 0 saturated carbocycles. The molecule has 1 rings (SSSR count). The van der Waals surface area contributed by atoms with Gasteiger partial charge < -0.3 is 15.7 Å². The summed E-state index contributed by atoms with van der Waals surface area (Å²) in [5, 5.41) is 8.62. The first-order valence-corrected chi connectivity index (χ1v) is 5.69. The summed E-state index contributed by atoms with van der Waals surface area (Å²) in [5.41, 5.74) is 8.17. The fraction of sp³-hybridized carbons (Fsp3) is 0.462. The predicted octanol–water partition coefficient (Wildman–Crippen LogP) is 1.23. The molecule has 0 radical (unpaired) electrons. The van der Waals surface area contributed by atoms with E-state index >= 15 is 0 Å². The van der Waals surface area contributed by atoms with Crippen molar-refractivity contribution in [2.45, 2.75) is 25.9 Å². The van der Waals surface area contributed by atoms with E-state index in [-0.39, 0.29) is 12.5 Å². The van der Waals surface area contributed by atoms with Gasteiger partial charge in [-0.25, -0.2) is 0 Å². The maximum absolute atomic E-state index is 10.5. The van der Waals surface area contributed by atoms with Gasteiger partial charge in [-0.3, -0.25) is 4.79 Å². The SMILES string of the molecule is Cc1ccc(CN(C)CC(N)CC(=O)O)cc1. The van der Waals surface area contributed by atoms with Gasteiger partial charge >= 0.3 is 5.97 Å². The second-order valence-corrected chi connectivity index (χ2v) is 4.54. The van der Waals surface area contributed by atoms with Gasteiger partial charge in [-0.15, -0.1) is 0 Å². The van der Waals surface area contributed by atoms with Crippen molar-refractivity contribution in [3.05, 3.63) is 35.4 Å². The van der Waals surface area contributed by atoms with Gasteiger partial charge in [0.1, 0.15) is 0 Å². The molecule has 0 spiro atoms. The lowest BCUT2D eigenvalue weighted by Gasteiger charge is -2.20. The average molecular weight is 236 g/mol. The summed E-state index contributed by atoms with van der Waals surface area (Å²) >= 11 is 0. The number of aliphatic carboxylic acids is 1. The van der Waals surface area contributed by atoms with Crippen molar-refractivity contribution < 1.29 is 9.90 Å². The van der Waals surface area contributed by atoms with Crippen LogP contribution in [-0.4, -0.2) is 35.6 Å². The van der Waals surface area contributed by atoms with Crippen molar-refractivity contribution in [3.8, 4) is 0 Å². The molecule has 94 valence electrons. The highest BCUT2D eigenvalue weighted by Crippen LogP contribution is 2.06. The maximum atomic E-state index is 10.5. The number of aryl methyl sites for hydroxylation is 1. The highest BCUT2D eigenvalue weighted by atomic mass is 16.4. The van der Waals surface area contributed by atoms with E-state index in [9.17, 15) is 4.79 Å². The number of nitrogens with two attached hydrogens (primary N) is 1. The van der Waals surface area contributed by atoms with E-state index in [0.717, 1.165) is 6.54 Å². The molecule has 0 aliphatic rings. The van der Waals surface area contributed by atoms with E-state index < -0.39 is 5.97 Å². The molecule has 0 fully saturated rings. The van der Waals surface area contributed by atoms with Crippen molar-refractivity contribution in [2.75, 3.05) is 13.6 Å². The van der Waals surface area contributed by atoms with E-state index in [4.69, 9.17) is 10.8 Å². The maximum Gasteiger partial charge on any atom is 0.304 e. The Labute approximate surface area is 102 Å². The Morgan fingerprint density at radius 1 is 1.41 bits per heavy atom. The molecule has 1 aromatic carbocycles. The van der Waals surface area contributed by atoms with Crippen LogP contribution in [0.25, 0.3) is 0 Å². The first-order chi connectivity index (χ1) is 7.97. The monoisotopic (exact) mass is 236 g/mol. The van der Waals surface area contributed by atoms with Crippen molar-refractivity contribution in [2.24, 2.45) is 5.73 Å². The smallest absolute Gasteiger partial charge is 0.304 e. The molecule has 17 heavy (non-hydrogen) atoms. The minimum Gasteiger partial charge on any atom is -0.481 e. The summed E-state index contributed by atoms with van der Waals surface area (Å²) < 4.78 is 0. The van der Waals surface area contributed by atoms with Gasteiger partial charge in [0.2, 0.25) is 0 Å². The van der Waals surface area contributed by atoms with Crippen LogP contribution in [0.4, 0.5) is 0 Å². The zero-order chi connectivity index (χ0) is 12.8. The molecule has 0 bridgehead atoms. The zero-order valence-corrected chi connectivity index (χ0v) is 10.4. The fourth-order valence-corrected chi connectivity index (χ4v) is 1.76. The van der Waals surface area contributed by atoms with Crippen molar-refractivity contribution in [1.82, 2.24) is 4.90 Å². The summed E-state index contributed by atoms with van der Waals surface area (Å²) in [7, 11) is 1.95. The quantitative estimate of drug-likeness (QED) is 0.779. The number of rotatable bonds is 6. The van der Waals surface area contributed by atoms with Crippen LogP contribution in [0.2, 0.25) is 0 Å². The molecule has 1 aromatic rings. The lowest BCUT2D eigenvalue weighted by Crippen LogP contribution is -2.36. The number of likely N-dealkylation sites (N-methyl/N-ethyl adjacent to an activating group) is 1. The minimum atomic E-state index is -0.846. The first-order valence-electron chi connectivity index (χ1n) is 5.69. The summed E-state index contributed by atoms with van der Waals surface area (Å²) in [4.78, 5) is 12.5. The molecule has 0 aromatic heterocycles. The van der Waals surface area contributed by atoms with Gasteiger partial charge in [0, 0.05) is 19.1 Å². The zero-order valence-electron chi connectivity index (χ0n) is 10.4. The van der Waals surface area contributed by atoms with Gasteiger partial charge in [-0.2, -0.15) is 0 Å². The van der Waals surface area contributed by atoms with Gasteiger partial charge in [0.25, 0.3) is 0 Å². The Kier molecular flexibility index (Phi) is 5.12. The van der Waals surface area contributed by atoms with Crippen LogP contribution >= 0.6 is 0 Å². The van der Waals surface area contributed by atoms with E-state index in [0.29, 0.717) is 6.54 Å². The number of hydrogen-bond acceptors (Lipinski definition) is 3. The molecule has 3 N–H and O–H groups in total. The Morgan fingerprint density at radius 3 is 2.53 bits per heavy atom. The molecule has 4 heteroatoms. The number of carboxylic acid groups (broad SMARTS) is 1. The van der Waals surface area contributed by atoms with E-state index in [2.05, 4.69) is 31.2 Å². The summed E-state index contributed by atoms with van der Waals surface area (Å²) in [5.74, 6) is -0.846. The van der Waals surface area contributed by atoms with E-state index in [1.807, 2.05) is 11.9 Å². The summed E-state index contributed by atoms with van der Waals surface area (Å²) in [6, 6.07) is 7.98.